The maximum atomic E-state index is 12.9. The van der Waals surface area contributed by atoms with Gasteiger partial charge >= 0.3 is 0 Å². The second-order valence-electron chi connectivity index (χ2n) is 7.50. The highest BCUT2D eigenvalue weighted by atomic mass is 32.1. The number of benzene rings is 2. The van der Waals surface area contributed by atoms with E-state index in [0.717, 1.165) is 28.6 Å². The Bertz CT molecular complexity index is 1220. The maximum absolute atomic E-state index is 12.9. The zero-order valence-electron chi connectivity index (χ0n) is 17.3. The number of pyridine rings is 1. The van der Waals surface area contributed by atoms with Crippen LogP contribution in [0.1, 0.15) is 20.7 Å². The summed E-state index contributed by atoms with van der Waals surface area (Å²) in [6.45, 7) is 2.73. The molecule has 0 saturated carbocycles. The molecule has 3 heterocycles. The molecule has 1 fully saturated rings. The molecule has 1 aliphatic rings. The van der Waals surface area contributed by atoms with Crippen LogP contribution in [0.25, 0.3) is 10.3 Å². The number of amides is 2. The van der Waals surface area contributed by atoms with Crippen molar-refractivity contribution in [2.75, 3.05) is 36.4 Å². The number of aromatic nitrogens is 2. The number of rotatable bonds is 4. The Hall–Kier alpha value is -3.78. The SMILES string of the molecule is O=C(Nc1ccc(C(=O)N2CCN(c3nc4cccnc4s3)CC2)cc1)c1ccccc1. The fraction of sp³-hybridized carbons (Fsp3) is 0.167. The summed E-state index contributed by atoms with van der Waals surface area (Å²) in [5.41, 5.74) is 2.77. The highest BCUT2D eigenvalue weighted by Gasteiger charge is 2.24. The molecule has 1 N–H and O–H groups in total. The summed E-state index contributed by atoms with van der Waals surface area (Å²) in [5, 5.41) is 3.81. The van der Waals surface area contributed by atoms with E-state index in [-0.39, 0.29) is 11.8 Å². The zero-order valence-corrected chi connectivity index (χ0v) is 18.1. The Morgan fingerprint density at radius 3 is 2.31 bits per heavy atom. The van der Waals surface area contributed by atoms with E-state index in [1.807, 2.05) is 35.2 Å². The van der Waals surface area contributed by atoms with Crippen LogP contribution in [0.3, 0.4) is 0 Å². The summed E-state index contributed by atoms with van der Waals surface area (Å²) in [5.74, 6) is -0.178. The van der Waals surface area contributed by atoms with Crippen molar-refractivity contribution >= 4 is 44.3 Å². The number of hydrogen-bond acceptors (Lipinski definition) is 6. The van der Waals surface area contributed by atoms with Gasteiger partial charge in [-0.1, -0.05) is 29.5 Å². The lowest BCUT2D eigenvalue weighted by atomic mass is 10.1. The van der Waals surface area contributed by atoms with Crippen molar-refractivity contribution in [3.05, 3.63) is 84.1 Å². The van der Waals surface area contributed by atoms with E-state index >= 15 is 0 Å². The van der Waals surface area contributed by atoms with E-state index in [2.05, 4.69) is 20.2 Å². The molecule has 0 radical (unpaired) electrons. The standard InChI is InChI=1S/C24H21N5O2S/c30-21(17-5-2-1-3-6-17)26-19-10-8-18(9-11-19)23(31)28-13-15-29(16-14-28)24-27-20-7-4-12-25-22(20)32-24/h1-12H,13-16H2,(H,26,30). The number of nitrogens with one attached hydrogen (secondary N) is 1. The first-order valence-corrected chi connectivity index (χ1v) is 11.2. The fourth-order valence-corrected chi connectivity index (χ4v) is 4.63. The van der Waals surface area contributed by atoms with Crippen LogP contribution in [0.5, 0.6) is 0 Å². The van der Waals surface area contributed by atoms with Gasteiger partial charge in [0.15, 0.2) is 5.13 Å². The van der Waals surface area contributed by atoms with Gasteiger partial charge in [0.25, 0.3) is 11.8 Å². The van der Waals surface area contributed by atoms with Gasteiger partial charge in [-0.25, -0.2) is 9.97 Å². The fourth-order valence-electron chi connectivity index (χ4n) is 3.67. The predicted molar refractivity (Wildman–Crippen MR) is 126 cm³/mol. The molecule has 1 saturated heterocycles. The topological polar surface area (TPSA) is 78.4 Å². The molecule has 0 unspecified atom stereocenters. The number of piperazine rings is 1. The van der Waals surface area contributed by atoms with Crippen molar-refractivity contribution in [3.63, 3.8) is 0 Å². The van der Waals surface area contributed by atoms with Crippen molar-refractivity contribution in [1.29, 1.82) is 0 Å². The van der Waals surface area contributed by atoms with Crippen molar-refractivity contribution in [2.45, 2.75) is 0 Å². The second kappa shape index (κ2) is 8.76. The van der Waals surface area contributed by atoms with Crippen LogP contribution in [0.2, 0.25) is 0 Å². The van der Waals surface area contributed by atoms with Gasteiger partial charge in [0.1, 0.15) is 10.3 Å². The third-order valence-electron chi connectivity index (χ3n) is 5.42. The number of nitrogens with zero attached hydrogens (tertiary/aromatic N) is 4. The summed E-state index contributed by atoms with van der Waals surface area (Å²) < 4.78 is 0. The van der Waals surface area contributed by atoms with Gasteiger partial charge in [-0.15, -0.1) is 0 Å². The molecular weight excluding hydrogens is 422 g/mol. The summed E-state index contributed by atoms with van der Waals surface area (Å²) in [6.07, 6.45) is 1.78. The van der Waals surface area contributed by atoms with Crippen LogP contribution < -0.4 is 10.2 Å². The second-order valence-corrected chi connectivity index (χ2v) is 8.46. The highest BCUT2D eigenvalue weighted by molar-refractivity contribution is 7.21. The monoisotopic (exact) mass is 443 g/mol. The number of anilines is 2. The number of carbonyl (C=O) groups is 2. The molecule has 0 aliphatic carbocycles. The minimum atomic E-state index is -0.175. The van der Waals surface area contributed by atoms with E-state index in [9.17, 15) is 9.59 Å². The van der Waals surface area contributed by atoms with Gasteiger partial charge in [-0.3, -0.25) is 9.59 Å². The van der Waals surface area contributed by atoms with Gasteiger partial charge in [0, 0.05) is 49.2 Å². The van der Waals surface area contributed by atoms with Crippen molar-refractivity contribution in [1.82, 2.24) is 14.9 Å². The maximum Gasteiger partial charge on any atom is 0.255 e. The van der Waals surface area contributed by atoms with Crippen LogP contribution in [0.15, 0.2) is 72.9 Å². The van der Waals surface area contributed by atoms with Crippen LogP contribution in [-0.4, -0.2) is 52.9 Å². The summed E-state index contributed by atoms with van der Waals surface area (Å²) >= 11 is 1.58. The van der Waals surface area contributed by atoms with Gasteiger partial charge in [0.05, 0.1) is 0 Å². The molecule has 0 bridgehead atoms. The third kappa shape index (κ3) is 4.17. The molecule has 4 aromatic rings. The average Bonchev–Trinajstić information content (AvgIpc) is 3.29. The molecule has 7 nitrogen and oxygen atoms in total. The number of thiazole rings is 1. The molecule has 8 heteroatoms. The summed E-state index contributed by atoms with van der Waals surface area (Å²) in [6, 6.07) is 19.9. The Balaban J connectivity index is 1.19. The largest absolute Gasteiger partial charge is 0.344 e. The molecule has 2 aromatic heterocycles. The first kappa shape index (κ1) is 20.1. The molecule has 0 spiro atoms. The molecule has 0 atom stereocenters. The Morgan fingerprint density at radius 1 is 0.844 bits per heavy atom. The van der Waals surface area contributed by atoms with Crippen LogP contribution in [-0.2, 0) is 0 Å². The van der Waals surface area contributed by atoms with Crippen LogP contribution in [0, 0.1) is 0 Å². The summed E-state index contributed by atoms with van der Waals surface area (Å²) in [7, 11) is 0. The van der Waals surface area contributed by atoms with Gasteiger partial charge in [0.2, 0.25) is 0 Å². The summed E-state index contributed by atoms with van der Waals surface area (Å²) in [4.78, 5) is 39.2. The first-order valence-electron chi connectivity index (χ1n) is 10.4. The average molecular weight is 444 g/mol. The van der Waals surface area contributed by atoms with E-state index in [4.69, 9.17) is 0 Å². The lowest BCUT2D eigenvalue weighted by Crippen LogP contribution is -2.48. The molecule has 2 amide bonds. The molecule has 32 heavy (non-hydrogen) atoms. The van der Waals surface area contributed by atoms with E-state index in [0.29, 0.717) is 29.9 Å². The zero-order chi connectivity index (χ0) is 21.9. The van der Waals surface area contributed by atoms with Gasteiger partial charge in [-0.2, -0.15) is 0 Å². The van der Waals surface area contributed by atoms with Crippen molar-refractivity contribution in [2.24, 2.45) is 0 Å². The minimum absolute atomic E-state index is 0.00319. The molecule has 160 valence electrons. The third-order valence-corrected chi connectivity index (χ3v) is 6.46. The van der Waals surface area contributed by atoms with Crippen LogP contribution >= 0.6 is 11.3 Å². The highest BCUT2D eigenvalue weighted by Crippen LogP contribution is 2.27. The van der Waals surface area contributed by atoms with E-state index < -0.39 is 0 Å². The quantitative estimate of drug-likeness (QED) is 0.518. The van der Waals surface area contributed by atoms with Crippen molar-refractivity contribution in [3.8, 4) is 0 Å². The minimum Gasteiger partial charge on any atom is -0.344 e. The number of hydrogen-bond donors (Lipinski definition) is 1. The smallest absolute Gasteiger partial charge is 0.255 e. The Labute approximate surface area is 189 Å². The molecular formula is C24H21N5O2S. The van der Waals surface area contributed by atoms with Gasteiger partial charge in [-0.05, 0) is 48.5 Å². The van der Waals surface area contributed by atoms with Gasteiger partial charge < -0.3 is 15.1 Å². The van der Waals surface area contributed by atoms with Crippen LogP contribution in [0.4, 0.5) is 10.8 Å². The Morgan fingerprint density at radius 2 is 1.59 bits per heavy atom. The molecule has 2 aromatic carbocycles. The van der Waals surface area contributed by atoms with Crippen molar-refractivity contribution < 1.29 is 9.59 Å². The number of carbonyl (C=O) groups excluding carboxylic acids is 2. The molecule has 1 aliphatic heterocycles. The number of fused-ring (bicyclic) bond motifs is 1. The lowest BCUT2D eigenvalue weighted by molar-refractivity contribution is 0.0746. The predicted octanol–water partition coefficient (Wildman–Crippen LogP) is 3.91. The Kier molecular flexibility index (Phi) is 5.51. The van der Waals surface area contributed by atoms with E-state index in [1.165, 1.54) is 0 Å². The first-order chi connectivity index (χ1) is 15.7. The van der Waals surface area contributed by atoms with E-state index in [1.54, 1.807) is 53.9 Å². The normalized spacial score (nSPS) is 13.9. The lowest BCUT2D eigenvalue weighted by Gasteiger charge is -2.34. The molecule has 5 rings (SSSR count).